The first-order chi connectivity index (χ1) is 12.1. The Hall–Kier alpha value is -2.10. The van der Waals surface area contributed by atoms with Crippen LogP contribution in [0.3, 0.4) is 0 Å². The monoisotopic (exact) mass is 372 g/mol. The molecule has 1 heterocycles. The Morgan fingerprint density at radius 1 is 1.04 bits per heavy atom. The Kier molecular flexibility index (Phi) is 5.57. The van der Waals surface area contributed by atoms with Crippen molar-refractivity contribution in [3.63, 3.8) is 0 Å². The third-order valence-electron chi connectivity index (χ3n) is 4.36. The molecule has 0 N–H and O–H groups in total. The summed E-state index contributed by atoms with van der Waals surface area (Å²) < 4.78 is 1.87. The lowest BCUT2D eigenvalue weighted by Crippen LogP contribution is -2.25. The number of ketones is 1. The standard InChI is InChI=1S/C20H18Cl2N2O/c1-2-18(14-3-7-16(21)8-4-14)19(24-12-11-23-13-24)20(25)15-5-9-17(22)10-6-15/h3-13,18-19H,2H2,1H3. The summed E-state index contributed by atoms with van der Waals surface area (Å²) in [6.07, 6.45) is 6.02. The van der Waals surface area contributed by atoms with Gasteiger partial charge in [0.2, 0.25) is 0 Å². The van der Waals surface area contributed by atoms with E-state index in [2.05, 4.69) is 11.9 Å². The second-order valence-corrected chi connectivity index (χ2v) is 6.77. The third-order valence-corrected chi connectivity index (χ3v) is 4.87. The van der Waals surface area contributed by atoms with Gasteiger partial charge < -0.3 is 4.57 Å². The fraction of sp³-hybridized carbons (Fsp3) is 0.200. The second kappa shape index (κ2) is 7.85. The number of Topliss-reactive ketones (excluding diaryl/α,β-unsaturated/α-hetero) is 1. The van der Waals surface area contributed by atoms with Crippen LogP contribution in [0.25, 0.3) is 0 Å². The van der Waals surface area contributed by atoms with Gasteiger partial charge >= 0.3 is 0 Å². The Morgan fingerprint density at radius 2 is 1.64 bits per heavy atom. The maximum atomic E-state index is 13.3. The van der Waals surface area contributed by atoms with Gasteiger partial charge in [-0.2, -0.15) is 0 Å². The number of carbonyl (C=O) groups is 1. The molecule has 0 bridgehead atoms. The maximum absolute atomic E-state index is 13.3. The third kappa shape index (κ3) is 3.94. The Labute approximate surface area is 157 Å². The highest BCUT2D eigenvalue weighted by molar-refractivity contribution is 6.30. The van der Waals surface area contributed by atoms with Gasteiger partial charge in [0.25, 0.3) is 0 Å². The molecule has 3 nitrogen and oxygen atoms in total. The molecule has 128 valence electrons. The minimum Gasteiger partial charge on any atom is -0.326 e. The van der Waals surface area contributed by atoms with E-state index < -0.39 is 0 Å². The topological polar surface area (TPSA) is 34.9 Å². The van der Waals surface area contributed by atoms with E-state index in [1.165, 1.54) is 0 Å². The molecule has 3 rings (SSSR count). The molecule has 0 aliphatic heterocycles. The van der Waals surface area contributed by atoms with Crippen molar-refractivity contribution in [2.24, 2.45) is 0 Å². The lowest BCUT2D eigenvalue weighted by Gasteiger charge is -2.27. The molecular formula is C20H18Cl2N2O. The number of imidazole rings is 1. The van der Waals surface area contributed by atoms with Crippen LogP contribution in [0.2, 0.25) is 10.0 Å². The highest BCUT2D eigenvalue weighted by atomic mass is 35.5. The predicted molar refractivity (Wildman–Crippen MR) is 102 cm³/mol. The van der Waals surface area contributed by atoms with Gasteiger partial charge in [0.1, 0.15) is 6.04 Å². The van der Waals surface area contributed by atoms with Crippen LogP contribution in [-0.4, -0.2) is 15.3 Å². The van der Waals surface area contributed by atoms with Crippen LogP contribution >= 0.6 is 23.2 Å². The van der Waals surface area contributed by atoms with Crippen LogP contribution in [0.4, 0.5) is 0 Å². The number of aromatic nitrogens is 2. The highest BCUT2D eigenvalue weighted by Crippen LogP contribution is 2.35. The molecule has 0 fully saturated rings. The van der Waals surface area contributed by atoms with Gasteiger partial charge in [-0.3, -0.25) is 4.79 Å². The Bertz CT molecular complexity index is 827. The molecular weight excluding hydrogens is 355 g/mol. The largest absolute Gasteiger partial charge is 0.326 e. The number of halogens is 2. The van der Waals surface area contributed by atoms with Gasteiger partial charge in [-0.05, 0) is 48.4 Å². The molecule has 0 radical (unpaired) electrons. The van der Waals surface area contributed by atoms with Gasteiger partial charge in [0.05, 0.1) is 6.33 Å². The number of benzene rings is 2. The van der Waals surface area contributed by atoms with Crippen LogP contribution in [-0.2, 0) is 0 Å². The SMILES string of the molecule is CCC(c1ccc(Cl)cc1)C(C(=O)c1ccc(Cl)cc1)n1ccnc1. The predicted octanol–water partition coefficient (Wildman–Crippen LogP) is 5.81. The molecule has 2 aromatic carbocycles. The summed E-state index contributed by atoms with van der Waals surface area (Å²) in [7, 11) is 0. The van der Waals surface area contributed by atoms with Crippen molar-refractivity contribution in [3.05, 3.63) is 88.4 Å². The zero-order valence-corrected chi connectivity index (χ0v) is 15.3. The molecule has 3 aromatic rings. The summed E-state index contributed by atoms with van der Waals surface area (Å²) in [6.45, 7) is 2.08. The number of rotatable bonds is 6. The van der Waals surface area contributed by atoms with E-state index >= 15 is 0 Å². The molecule has 0 saturated heterocycles. The summed E-state index contributed by atoms with van der Waals surface area (Å²) in [5, 5.41) is 1.29. The lowest BCUT2D eigenvalue weighted by atomic mass is 9.84. The lowest BCUT2D eigenvalue weighted by molar-refractivity contribution is 0.0904. The fourth-order valence-corrected chi connectivity index (χ4v) is 3.35. The summed E-state index contributed by atoms with van der Waals surface area (Å²) in [5.41, 5.74) is 1.71. The van der Waals surface area contributed by atoms with E-state index in [0.29, 0.717) is 15.6 Å². The van der Waals surface area contributed by atoms with Gasteiger partial charge in [0, 0.05) is 33.9 Å². The van der Waals surface area contributed by atoms with Gasteiger partial charge in [0.15, 0.2) is 5.78 Å². The molecule has 0 aliphatic carbocycles. The zero-order chi connectivity index (χ0) is 17.8. The molecule has 5 heteroatoms. The number of hydrogen-bond acceptors (Lipinski definition) is 2. The van der Waals surface area contributed by atoms with E-state index in [1.807, 2.05) is 35.0 Å². The molecule has 0 amide bonds. The van der Waals surface area contributed by atoms with E-state index in [-0.39, 0.29) is 17.7 Å². The molecule has 2 atom stereocenters. The van der Waals surface area contributed by atoms with Crippen molar-refractivity contribution in [1.82, 2.24) is 9.55 Å². The zero-order valence-electron chi connectivity index (χ0n) is 13.8. The quantitative estimate of drug-likeness (QED) is 0.511. The first kappa shape index (κ1) is 17.7. The maximum Gasteiger partial charge on any atom is 0.186 e. The summed E-state index contributed by atoms with van der Waals surface area (Å²) >= 11 is 12.0. The number of nitrogens with zero attached hydrogens (tertiary/aromatic N) is 2. The van der Waals surface area contributed by atoms with Crippen molar-refractivity contribution < 1.29 is 4.79 Å². The summed E-state index contributed by atoms with van der Waals surface area (Å²) in [4.78, 5) is 17.4. The second-order valence-electron chi connectivity index (χ2n) is 5.89. The first-order valence-corrected chi connectivity index (χ1v) is 8.88. The minimum absolute atomic E-state index is 0.00893. The van der Waals surface area contributed by atoms with Crippen LogP contribution in [0.15, 0.2) is 67.3 Å². The fourth-order valence-electron chi connectivity index (χ4n) is 3.10. The average molecular weight is 373 g/mol. The van der Waals surface area contributed by atoms with E-state index in [0.717, 1.165) is 12.0 Å². The van der Waals surface area contributed by atoms with Gasteiger partial charge in [-0.25, -0.2) is 4.98 Å². The van der Waals surface area contributed by atoms with Crippen LogP contribution < -0.4 is 0 Å². The molecule has 2 unspecified atom stereocenters. The number of carbonyl (C=O) groups excluding carboxylic acids is 1. The van der Waals surface area contributed by atoms with Crippen molar-refractivity contribution in [3.8, 4) is 0 Å². The average Bonchev–Trinajstić information content (AvgIpc) is 3.15. The number of hydrogen-bond donors (Lipinski definition) is 0. The van der Waals surface area contributed by atoms with Crippen molar-refractivity contribution >= 4 is 29.0 Å². The van der Waals surface area contributed by atoms with Crippen LogP contribution in [0.1, 0.15) is 41.2 Å². The molecule has 0 aliphatic rings. The van der Waals surface area contributed by atoms with Gasteiger partial charge in [-0.1, -0.05) is 42.3 Å². The van der Waals surface area contributed by atoms with Crippen LogP contribution in [0, 0.1) is 0 Å². The molecule has 1 aromatic heterocycles. The smallest absolute Gasteiger partial charge is 0.186 e. The normalized spacial score (nSPS) is 13.4. The Morgan fingerprint density at radius 3 is 2.16 bits per heavy atom. The van der Waals surface area contributed by atoms with Crippen molar-refractivity contribution in [2.75, 3.05) is 0 Å². The summed E-state index contributed by atoms with van der Waals surface area (Å²) in [6, 6.07) is 14.3. The Balaban J connectivity index is 2.03. The van der Waals surface area contributed by atoms with E-state index in [4.69, 9.17) is 23.2 Å². The van der Waals surface area contributed by atoms with Crippen molar-refractivity contribution in [1.29, 1.82) is 0 Å². The minimum atomic E-state index is -0.380. The molecule has 0 saturated carbocycles. The van der Waals surface area contributed by atoms with Crippen molar-refractivity contribution in [2.45, 2.75) is 25.3 Å². The summed E-state index contributed by atoms with van der Waals surface area (Å²) in [5.74, 6) is 0.0473. The molecule has 0 spiro atoms. The van der Waals surface area contributed by atoms with Crippen LogP contribution in [0.5, 0.6) is 0 Å². The van der Waals surface area contributed by atoms with E-state index in [1.54, 1.807) is 36.8 Å². The van der Waals surface area contributed by atoms with Gasteiger partial charge in [-0.15, -0.1) is 0 Å². The first-order valence-electron chi connectivity index (χ1n) is 8.13. The van der Waals surface area contributed by atoms with E-state index in [9.17, 15) is 4.79 Å². The molecule has 25 heavy (non-hydrogen) atoms. The highest BCUT2D eigenvalue weighted by Gasteiger charge is 2.30.